The number of ether oxygens (including phenoxy) is 1. The predicted molar refractivity (Wildman–Crippen MR) is 64.4 cm³/mol. The molecule has 1 aliphatic rings. The Bertz CT molecular complexity index is 297. The third-order valence-corrected chi connectivity index (χ3v) is 3.23. The van der Waals surface area contributed by atoms with Gasteiger partial charge in [-0.15, -0.1) is 0 Å². The smallest absolute Gasteiger partial charge is 0.0834 e. The summed E-state index contributed by atoms with van der Waals surface area (Å²) >= 11 is 0. The fourth-order valence-electron chi connectivity index (χ4n) is 2.24. The van der Waals surface area contributed by atoms with Crippen LogP contribution in [0.5, 0.6) is 0 Å². The van der Waals surface area contributed by atoms with Crippen LogP contribution in [0.15, 0.2) is 30.3 Å². The molecule has 1 aromatic rings. The monoisotopic (exact) mass is 220 g/mol. The molecule has 1 aliphatic carbocycles. The second kappa shape index (κ2) is 6.02. The molecule has 0 saturated heterocycles. The zero-order chi connectivity index (χ0) is 11.2. The Morgan fingerprint density at radius 1 is 1.12 bits per heavy atom. The maximum atomic E-state index is 9.74. The number of hydrogen-bond acceptors (Lipinski definition) is 2. The van der Waals surface area contributed by atoms with E-state index in [2.05, 4.69) is 12.1 Å². The lowest BCUT2D eigenvalue weighted by Crippen LogP contribution is -2.32. The molecule has 1 saturated carbocycles. The molecule has 0 radical (unpaired) electrons. The molecule has 88 valence electrons. The first-order chi connectivity index (χ1) is 7.86. The standard InChI is InChI=1S/C14H20O2/c15-13-8-4-5-9-14(13)16-11-10-12-6-2-1-3-7-12/h1-3,6-7,13-15H,4-5,8-11H2. The normalized spacial score (nSPS) is 25.6. The van der Waals surface area contributed by atoms with Crippen molar-refractivity contribution in [2.45, 2.75) is 44.3 Å². The quantitative estimate of drug-likeness (QED) is 0.845. The maximum absolute atomic E-state index is 9.74. The van der Waals surface area contributed by atoms with Gasteiger partial charge in [-0.2, -0.15) is 0 Å². The Balaban J connectivity index is 1.71. The van der Waals surface area contributed by atoms with E-state index in [1.165, 1.54) is 12.0 Å². The molecule has 2 unspecified atom stereocenters. The summed E-state index contributed by atoms with van der Waals surface area (Å²) in [5.74, 6) is 0. The van der Waals surface area contributed by atoms with Gasteiger partial charge in [0.1, 0.15) is 0 Å². The molecule has 1 aromatic carbocycles. The summed E-state index contributed by atoms with van der Waals surface area (Å²) in [7, 11) is 0. The highest BCUT2D eigenvalue weighted by Gasteiger charge is 2.23. The summed E-state index contributed by atoms with van der Waals surface area (Å²) < 4.78 is 5.75. The molecule has 0 aliphatic heterocycles. The number of rotatable bonds is 4. The Kier molecular flexibility index (Phi) is 4.37. The van der Waals surface area contributed by atoms with E-state index >= 15 is 0 Å². The van der Waals surface area contributed by atoms with Crippen molar-refractivity contribution in [3.63, 3.8) is 0 Å². The molecule has 0 aromatic heterocycles. The molecule has 0 heterocycles. The molecule has 16 heavy (non-hydrogen) atoms. The van der Waals surface area contributed by atoms with Crippen LogP contribution in [-0.4, -0.2) is 23.9 Å². The molecule has 2 heteroatoms. The lowest BCUT2D eigenvalue weighted by molar-refractivity contribution is -0.0575. The van der Waals surface area contributed by atoms with Crippen molar-refractivity contribution in [3.05, 3.63) is 35.9 Å². The highest BCUT2D eigenvalue weighted by atomic mass is 16.5. The highest BCUT2D eigenvalue weighted by Crippen LogP contribution is 2.21. The van der Waals surface area contributed by atoms with Crippen molar-refractivity contribution in [2.75, 3.05) is 6.61 Å². The summed E-state index contributed by atoms with van der Waals surface area (Å²) in [6, 6.07) is 10.3. The van der Waals surface area contributed by atoms with Crippen LogP contribution in [0.1, 0.15) is 31.2 Å². The van der Waals surface area contributed by atoms with Crippen molar-refractivity contribution in [3.8, 4) is 0 Å². The average Bonchev–Trinajstić information content (AvgIpc) is 2.33. The van der Waals surface area contributed by atoms with Gasteiger partial charge in [-0.3, -0.25) is 0 Å². The van der Waals surface area contributed by atoms with E-state index in [0.29, 0.717) is 6.61 Å². The second-order valence-corrected chi connectivity index (χ2v) is 4.50. The van der Waals surface area contributed by atoms with Crippen LogP contribution in [0.2, 0.25) is 0 Å². The summed E-state index contributed by atoms with van der Waals surface area (Å²) in [4.78, 5) is 0. The zero-order valence-corrected chi connectivity index (χ0v) is 9.64. The van der Waals surface area contributed by atoms with E-state index in [4.69, 9.17) is 4.74 Å². The number of hydrogen-bond donors (Lipinski definition) is 1. The van der Waals surface area contributed by atoms with Crippen LogP contribution in [0.25, 0.3) is 0 Å². The first-order valence-corrected chi connectivity index (χ1v) is 6.20. The average molecular weight is 220 g/mol. The van der Waals surface area contributed by atoms with E-state index in [-0.39, 0.29) is 12.2 Å². The molecule has 0 amide bonds. The lowest BCUT2D eigenvalue weighted by atomic mass is 9.95. The zero-order valence-electron chi connectivity index (χ0n) is 9.64. The van der Waals surface area contributed by atoms with Gasteiger partial charge in [0.2, 0.25) is 0 Å². The highest BCUT2D eigenvalue weighted by molar-refractivity contribution is 5.14. The van der Waals surface area contributed by atoms with E-state index in [0.717, 1.165) is 25.7 Å². The fourth-order valence-corrected chi connectivity index (χ4v) is 2.24. The Morgan fingerprint density at radius 2 is 1.88 bits per heavy atom. The molecule has 2 atom stereocenters. The second-order valence-electron chi connectivity index (χ2n) is 4.50. The van der Waals surface area contributed by atoms with Crippen molar-refractivity contribution in [1.29, 1.82) is 0 Å². The molecule has 2 nitrogen and oxygen atoms in total. The van der Waals surface area contributed by atoms with Crippen LogP contribution in [0, 0.1) is 0 Å². The maximum Gasteiger partial charge on any atom is 0.0834 e. The molecule has 0 bridgehead atoms. The van der Waals surface area contributed by atoms with Crippen molar-refractivity contribution >= 4 is 0 Å². The minimum atomic E-state index is -0.246. The van der Waals surface area contributed by atoms with Crippen molar-refractivity contribution in [2.24, 2.45) is 0 Å². The number of aliphatic hydroxyl groups is 1. The van der Waals surface area contributed by atoms with Crippen LogP contribution in [0.3, 0.4) is 0 Å². The van der Waals surface area contributed by atoms with Gasteiger partial charge in [0.25, 0.3) is 0 Å². The SMILES string of the molecule is OC1CCCCC1OCCc1ccccc1. The van der Waals surface area contributed by atoms with Gasteiger partial charge < -0.3 is 9.84 Å². The molecule has 2 rings (SSSR count). The first kappa shape index (κ1) is 11.6. The van der Waals surface area contributed by atoms with Crippen LogP contribution >= 0.6 is 0 Å². The van der Waals surface area contributed by atoms with Gasteiger partial charge in [-0.05, 0) is 24.8 Å². The van der Waals surface area contributed by atoms with Crippen LogP contribution in [0.4, 0.5) is 0 Å². The van der Waals surface area contributed by atoms with Gasteiger partial charge in [0.15, 0.2) is 0 Å². The minimum absolute atomic E-state index is 0.0671. The van der Waals surface area contributed by atoms with Gasteiger partial charge in [-0.1, -0.05) is 43.2 Å². The molecular formula is C14H20O2. The van der Waals surface area contributed by atoms with Crippen molar-refractivity contribution < 1.29 is 9.84 Å². The van der Waals surface area contributed by atoms with Crippen LogP contribution < -0.4 is 0 Å². The van der Waals surface area contributed by atoms with Crippen LogP contribution in [-0.2, 0) is 11.2 Å². The molecule has 1 fully saturated rings. The van der Waals surface area contributed by atoms with E-state index in [1.54, 1.807) is 0 Å². The minimum Gasteiger partial charge on any atom is -0.390 e. The van der Waals surface area contributed by atoms with Gasteiger partial charge in [0, 0.05) is 0 Å². The van der Waals surface area contributed by atoms with E-state index < -0.39 is 0 Å². The molecule has 1 N–H and O–H groups in total. The molecular weight excluding hydrogens is 200 g/mol. The van der Waals surface area contributed by atoms with Crippen molar-refractivity contribution in [1.82, 2.24) is 0 Å². The third kappa shape index (κ3) is 3.32. The van der Waals surface area contributed by atoms with Gasteiger partial charge in [-0.25, -0.2) is 0 Å². The number of benzene rings is 1. The Labute approximate surface area is 97.3 Å². The number of aliphatic hydroxyl groups excluding tert-OH is 1. The summed E-state index contributed by atoms with van der Waals surface area (Å²) in [5, 5.41) is 9.74. The van der Waals surface area contributed by atoms with Gasteiger partial charge >= 0.3 is 0 Å². The Morgan fingerprint density at radius 3 is 2.62 bits per heavy atom. The summed E-state index contributed by atoms with van der Waals surface area (Å²) in [6.45, 7) is 0.714. The van der Waals surface area contributed by atoms with Gasteiger partial charge in [0.05, 0.1) is 18.8 Å². The van der Waals surface area contributed by atoms with E-state index in [9.17, 15) is 5.11 Å². The lowest BCUT2D eigenvalue weighted by Gasteiger charge is -2.27. The summed E-state index contributed by atoms with van der Waals surface area (Å²) in [6.07, 6.45) is 4.99. The third-order valence-electron chi connectivity index (χ3n) is 3.23. The summed E-state index contributed by atoms with van der Waals surface area (Å²) in [5.41, 5.74) is 1.30. The molecule has 0 spiro atoms. The van der Waals surface area contributed by atoms with E-state index in [1.807, 2.05) is 18.2 Å². The topological polar surface area (TPSA) is 29.5 Å². The largest absolute Gasteiger partial charge is 0.390 e. The first-order valence-electron chi connectivity index (χ1n) is 6.20. The fraction of sp³-hybridized carbons (Fsp3) is 0.571. The predicted octanol–water partition coefficient (Wildman–Crippen LogP) is 2.55. The Hall–Kier alpha value is -0.860.